The molecule has 0 aliphatic rings. The lowest BCUT2D eigenvalue weighted by molar-refractivity contribution is 0.650. The average molecular weight is 162 g/mol. The Morgan fingerprint density at radius 2 is 2.42 bits per heavy atom. The maximum Gasteiger partial charge on any atom is 0.0343 e. The van der Waals surface area contributed by atoms with E-state index in [-0.39, 0.29) is 0 Å². The van der Waals surface area contributed by atoms with Gasteiger partial charge in [0.2, 0.25) is 0 Å². The Morgan fingerprint density at radius 1 is 1.67 bits per heavy atom. The molecule has 2 heteroatoms. The number of pyridine rings is 1. The van der Waals surface area contributed by atoms with Gasteiger partial charge in [-0.15, -0.1) is 0 Å². The lowest BCUT2D eigenvalue weighted by atomic mass is 10.0. The van der Waals surface area contributed by atoms with Crippen LogP contribution in [0.1, 0.15) is 24.1 Å². The fourth-order valence-corrected chi connectivity index (χ4v) is 1.14. The van der Waals surface area contributed by atoms with E-state index in [4.69, 9.17) is 0 Å². The summed E-state index contributed by atoms with van der Waals surface area (Å²) >= 11 is 0. The molecule has 0 bridgehead atoms. The highest BCUT2D eigenvalue weighted by molar-refractivity contribution is 5.51. The van der Waals surface area contributed by atoms with E-state index in [2.05, 4.69) is 23.8 Å². The maximum atomic E-state index is 4.03. The number of hydrogen-bond acceptors (Lipinski definition) is 2. The van der Waals surface area contributed by atoms with E-state index in [1.54, 1.807) is 6.20 Å². The average Bonchev–Trinajstić information content (AvgIpc) is 2.16. The first-order valence-corrected chi connectivity index (χ1v) is 4.03. The van der Waals surface area contributed by atoms with Crippen molar-refractivity contribution in [2.45, 2.75) is 13.0 Å². The third-order valence-electron chi connectivity index (χ3n) is 2.01. The van der Waals surface area contributed by atoms with E-state index < -0.39 is 0 Å². The van der Waals surface area contributed by atoms with Crippen molar-refractivity contribution in [2.75, 3.05) is 7.05 Å². The predicted molar refractivity (Wildman–Crippen MR) is 51.8 cm³/mol. The summed E-state index contributed by atoms with van der Waals surface area (Å²) in [5, 5.41) is 3.18. The Labute approximate surface area is 73.3 Å². The van der Waals surface area contributed by atoms with Gasteiger partial charge >= 0.3 is 0 Å². The zero-order valence-electron chi connectivity index (χ0n) is 7.54. The zero-order valence-corrected chi connectivity index (χ0v) is 7.54. The van der Waals surface area contributed by atoms with Gasteiger partial charge in [-0.25, -0.2) is 0 Å². The van der Waals surface area contributed by atoms with Crippen LogP contribution >= 0.6 is 0 Å². The summed E-state index contributed by atoms with van der Waals surface area (Å²) in [5.74, 6) is 0. The number of nitrogens with one attached hydrogen (secondary N) is 1. The fourth-order valence-electron chi connectivity index (χ4n) is 1.14. The Bertz CT molecular complexity index is 268. The molecule has 12 heavy (non-hydrogen) atoms. The minimum absolute atomic E-state index is 0.348. The highest BCUT2D eigenvalue weighted by Crippen LogP contribution is 2.16. The Morgan fingerprint density at radius 3 is 3.00 bits per heavy atom. The van der Waals surface area contributed by atoms with Gasteiger partial charge in [0.15, 0.2) is 0 Å². The first kappa shape index (κ1) is 8.94. The molecule has 0 fully saturated rings. The molecule has 0 radical (unpaired) electrons. The molecular weight excluding hydrogens is 148 g/mol. The topological polar surface area (TPSA) is 24.9 Å². The molecule has 1 heterocycles. The number of rotatable bonds is 3. The third kappa shape index (κ3) is 1.71. The first-order chi connectivity index (χ1) is 5.79. The molecule has 1 N–H and O–H groups in total. The van der Waals surface area contributed by atoms with Crippen LogP contribution in [-0.4, -0.2) is 12.0 Å². The monoisotopic (exact) mass is 162 g/mol. The number of hydrogen-bond donors (Lipinski definition) is 1. The molecule has 0 spiro atoms. The molecular formula is C10H14N2. The quantitative estimate of drug-likeness (QED) is 0.735. The molecule has 0 saturated heterocycles. The summed E-state index contributed by atoms with van der Waals surface area (Å²) in [6, 6.07) is 2.36. The minimum atomic E-state index is 0.348. The molecule has 1 atom stereocenters. The maximum absolute atomic E-state index is 4.03. The third-order valence-corrected chi connectivity index (χ3v) is 2.01. The van der Waals surface area contributed by atoms with Crippen LogP contribution in [0.3, 0.4) is 0 Å². The van der Waals surface area contributed by atoms with Crippen LogP contribution in [0.15, 0.2) is 25.0 Å². The van der Waals surface area contributed by atoms with E-state index >= 15 is 0 Å². The molecule has 64 valence electrons. The molecule has 1 rings (SSSR count). The van der Waals surface area contributed by atoms with Crippen LogP contribution in [0, 0.1) is 0 Å². The second kappa shape index (κ2) is 4.02. The molecule has 0 amide bonds. The van der Waals surface area contributed by atoms with Crippen molar-refractivity contribution >= 4 is 6.08 Å². The van der Waals surface area contributed by atoms with Crippen LogP contribution in [0.25, 0.3) is 6.08 Å². The Kier molecular flexibility index (Phi) is 3.00. The summed E-state index contributed by atoms with van der Waals surface area (Å²) in [6.07, 6.45) is 5.46. The van der Waals surface area contributed by atoms with Gasteiger partial charge in [0.1, 0.15) is 0 Å². The highest BCUT2D eigenvalue weighted by atomic mass is 14.9. The number of nitrogens with zero attached hydrogens (tertiary/aromatic N) is 1. The highest BCUT2D eigenvalue weighted by Gasteiger charge is 2.04. The summed E-state index contributed by atoms with van der Waals surface area (Å²) in [6.45, 7) is 5.85. The summed E-state index contributed by atoms with van der Waals surface area (Å²) in [7, 11) is 1.94. The van der Waals surface area contributed by atoms with Crippen molar-refractivity contribution in [3.05, 3.63) is 36.2 Å². The van der Waals surface area contributed by atoms with E-state index in [1.165, 1.54) is 5.56 Å². The lowest BCUT2D eigenvalue weighted by Crippen LogP contribution is -2.13. The first-order valence-electron chi connectivity index (χ1n) is 4.03. The lowest BCUT2D eigenvalue weighted by Gasteiger charge is -2.12. The Balaban J connectivity index is 3.04. The van der Waals surface area contributed by atoms with Gasteiger partial charge in [0.05, 0.1) is 0 Å². The number of aromatic nitrogens is 1. The molecule has 0 aliphatic carbocycles. The SMILES string of the molecule is C=Cc1cnccc1C(C)NC. The van der Waals surface area contributed by atoms with Crippen LogP contribution in [0.4, 0.5) is 0 Å². The van der Waals surface area contributed by atoms with Crippen molar-refractivity contribution in [1.29, 1.82) is 0 Å². The van der Waals surface area contributed by atoms with Crippen LogP contribution in [-0.2, 0) is 0 Å². The summed E-state index contributed by atoms with van der Waals surface area (Å²) < 4.78 is 0. The molecule has 2 nitrogen and oxygen atoms in total. The smallest absolute Gasteiger partial charge is 0.0343 e. The van der Waals surface area contributed by atoms with Crippen molar-refractivity contribution in [3.63, 3.8) is 0 Å². The largest absolute Gasteiger partial charge is 0.313 e. The van der Waals surface area contributed by atoms with Gasteiger partial charge in [-0.2, -0.15) is 0 Å². The molecule has 1 aromatic rings. The second-order valence-corrected chi connectivity index (χ2v) is 2.72. The summed E-state index contributed by atoms with van der Waals surface area (Å²) in [5.41, 5.74) is 2.34. The Hall–Kier alpha value is -1.15. The molecule has 0 aliphatic heterocycles. The van der Waals surface area contributed by atoms with Gasteiger partial charge in [-0.1, -0.05) is 12.7 Å². The van der Waals surface area contributed by atoms with Crippen LogP contribution in [0.2, 0.25) is 0 Å². The van der Waals surface area contributed by atoms with E-state index in [1.807, 2.05) is 25.4 Å². The van der Waals surface area contributed by atoms with Crippen LogP contribution in [0.5, 0.6) is 0 Å². The van der Waals surface area contributed by atoms with Gasteiger partial charge in [-0.3, -0.25) is 4.98 Å². The van der Waals surface area contributed by atoms with E-state index in [0.717, 1.165) is 5.56 Å². The normalized spacial score (nSPS) is 12.5. The van der Waals surface area contributed by atoms with Crippen molar-refractivity contribution in [2.24, 2.45) is 0 Å². The second-order valence-electron chi connectivity index (χ2n) is 2.72. The zero-order chi connectivity index (χ0) is 8.97. The van der Waals surface area contributed by atoms with Gasteiger partial charge in [0, 0.05) is 18.4 Å². The van der Waals surface area contributed by atoms with Crippen molar-refractivity contribution in [1.82, 2.24) is 10.3 Å². The molecule has 1 aromatic heterocycles. The minimum Gasteiger partial charge on any atom is -0.313 e. The molecule has 0 saturated carbocycles. The fraction of sp³-hybridized carbons (Fsp3) is 0.300. The molecule has 1 unspecified atom stereocenters. The van der Waals surface area contributed by atoms with Crippen molar-refractivity contribution < 1.29 is 0 Å². The van der Waals surface area contributed by atoms with Crippen LogP contribution < -0.4 is 5.32 Å². The standard InChI is InChI=1S/C10H14N2/c1-4-9-7-12-6-5-10(9)8(2)11-3/h4-8,11H,1H2,2-3H3. The van der Waals surface area contributed by atoms with Crippen molar-refractivity contribution in [3.8, 4) is 0 Å². The van der Waals surface area contributed by atoms with Gasteiger partial charge < -0.3 is 5.32 Å². The van der Waals surface area contributed by atoms with E-state index in [9.17, 15) is 0 Å². The van der Waals surface area contributed by atoms with E-state index in [0.29, 0.717) is 6.04 Å². The van der Waals surface area contributed by atoms with Gasteiger partial charge in [0.25, 0.3) is 0 Å². The summed E-state index contributed by atoms with van der Waals surface area (Å²) in [4.78, 5) is 4.03. The predicted octanol–water partition coefficient (Wildman–Crippen LogP) is 2.00. The van der Waals surface area contributed by atoms with Gasteiger partial charge in [-0.05, 0) is 31.2 Å². The molecule has 0 aromatic carbocycles.